The monoisotopic (exact) mass is 194 g/mol. The van der Waals surface area contributed by atoms with Crippen molar-refractivity contribution in [1.29, 1.82) is 0 Å². The van der Waals surface area contributed by atoms with E-state index in [4.69, 9.17) is 10.8 Å². The van der Waals surface area contributed by atoms with Crippen LogP contribution in [0.3, 0.4) is 0 Å². The number of nitrogens with two attached hydrogens (primary N) is 1. The van der Waals surface area contributed by atoms with Gasteiger partial charge in [-0.1, -0.05) is 6.07 Å². The maximum absolute atomic E-state index is 11.2. The summed E-state index contributed by atoms with van der Waals surface area (Å²) in [4.78, 5) is 11.2. The average Bonchev–Trinajstić information content (AvgIpc) is 2.15. The molecule has 0 saturated carbocycles. The number of hydrogen-bond acceptors (Lipinski definition) is 3. The number of phenols is 1. The Hall–Kier alpha value is -1.55. The Morgan fingerprint density at radius 2 is 2.29 bits per heavy atom. The summed E-state index contributed by atoms with van der Waals surface area (Å²) in [6, 6.07) is 6.45. The van der Waals surface area contributed by atoms with Crippen molar-refractivity contribution in [2.24, 2.45) is 5.73 Å². The van der Waals surface area contributed by atoms with E-state index in [2.05, 4.69) is 5.32 Å². The molecule has 1 aromatic carbocycles. The molecular weight excluding hydrogens is 180 g/mol. The van der Waals surface area contributed by atoms with Gasteiger partial charge in [-0.15, -0.1) is 0 Å². The second-order valence-electron chi connectivity index (χ2n) is 2.99. The van der Waals surface area contributed by atoms with Crippen LogP contribution in [0.4, 0.5) is 5.69 Å². The second kappa shape index (κ2) is 5.24. The van der Waals surface area contributed by atoms with Gasteiger partial charge in [-0.05, 0) is 25.1 Å². The zero-order valence-electron chi connectivity index (χ0n) is 7.86. The highest BCUT2D eigenvalue weighted by Gasteiger charge is 2.01. The summed E-state index contributed by atoms with van der Waals surface area (Å²) >= 11 is 0. The maximum atomic E-state index is 11.2. The van der Waals surface area contributed by atoms with Gasteiger partial charge in [0, 0.05) is 18.2 Å². The highest BCUT2D eigenvalue weighted by atomic mass is 16.3. The Morgan fingerprint density at radius 3 is 2.93 bits per heavy atom. The van der Waals surface area contributed by atoms with Gasteiger partial charge in [-0.2, -0.15) is 0 Å². The van der Waals surface area contributed by atoms with E-state index >= 15 is 0 Å². The third-order valence-electron chi connectivity index (χ3n) is 1.74. The molecule has 0 aromatic heterocycles. The largest absolute Gasteiger partial charge is 0.508 e. The number of anilines is 1. The van der Waals surface area contributed by atoms with Gasteiger partial charge in [-0.25, -0.2) is 0 Å². The van der Waals surface area contributed by atoms with Crippen LogP contribution in [0.5, 0.6) is 5.75 Å². The zero-order valence-corrected chi connectivity index (χ0v) is 7.86. The van der Waals surface area contributed by atoms with Gasteiger partial charge in [0.25, 0.3) is 0 Å². The Morgan fingerprint density at radius 1 is 1.50 bits per heavy atom. The lowest BCUT2D eigenvalue weighted by atomic mass is 10.2. The third kappa shape index (κ3) is 3.45. The molecule has 0 aliphatic rings. The van der Waals surface area contributed by atoms with E-state index in [1.54, 1.807) is 18.2 Å². The van der Waals surface area contributed by atoms with Gasteiger partial charge >= 0.3 is 0 Å². The van der Waals surface area contributed by atoms with Crippen LogP contribution < -0.4 is 11.1 Å². The fraction of sp³-hybridized carbons (Fsp3) is 0.300. The molecular formula is C10H14N2O2. The highest BCUT2D eigenvalue weighted by molar-refractivity contribution is 5.90. The van der Waals surface area contributed by atoms with E-state index in [0.717, 1.165) is 0 Å². The molecule has 1 aromatic rings. The number of carbonyl (C=O) groups is 1. The summed E-state index contributed by atoms with van der Waals surface area (Å²) < 4.78 is 0. The molecule has 4 N–H and O–H groups in total. The highest BCUT2D eigenvalue weighted by Crippen LogP contribution is 2.15. The number of nitrogens with one attached hydrogen (secondary N) is 1. The lowest BCUT2D eigenvalue weighted by Crippen LogP contribution is -2.13. The lowest BCUT2D eigenvalue weighted by Gasteiger charge is -2.04. The Labute approximate surface area is 82.7 Å². The van der Waals surface area contributed by atoms with Gasteiger partial charge in [-0.3, -0.25) is 4.79 Å². The van der Waals surface area contributed by atoms with Crippen LogP contribution in [0.2, 0.25) is 0 Å². The third-order valence-corrected chi connectivity index (χ3v) is 1.74. The van der Waals surface area contributed by atoms with E-state index in [9.17, 15) is 4.79 Å². The van der Waals surface area contributed by atoms with Crippen molar-refractivity contribution in [1.82, 2.24) is 0 Å². The number of rotatable bonds is 4. The molecule has 1 amide bonds. The van der Waals surface area contributed by atoms with Gasteiger partial charge in [0.15, 0.2) is 0 Å². The molecule has 0 aliphatic carbocycles. The van der Waals surface area contributed by atoms with E-state index in [0.29, 0.717) is 25.1 Å². The zero-order chi connectivity index (χ0) is 10.4. The predicted molar refractivity (Wildman–Crippen MR) is 55.0 cm³/mol. The van der Waals surface area contributed by atoms with E-state index in [1.165, 1.54) is 6.07 Å². The van der Waals surface area contributed by atoms with E-state index < -0.39 is 0 Å². The first kappa shape index (κ1) is 10.5. The Balaban J connectivity index is 2.47. The van der Waals surface area contributed by atoms with Gasteiger partial charge in [0.2, 0.25) is 5.91 Å². The summed E-state index contributed by atoms with van der Waals surface area (Å²) in [5.74, 6) is 0.0580. The molecule has 0 aliphatic heterocycles. The quantitative estimate of drug-likeness (QED) is 0.671. The van der Waals surface area contributed by atoms with Crippen molar-refractivity contribution in [3.05, 3.63) is 24.3 Å². The minimum absolute atomic E-state index is 0.0824. The first-order chi connectivity index (χ1) is 6.72. The van der Waals surface area contributed by atoms with Crippen LogP contribution in [-0.4, -0.2) is 17.6 Å². The molecule has 0 heterocycles. The molecule has 0 unspecified atom stereocenters. The fourth-order valence-electron chi connectivity index (χ4n) is 1.07. The normalized spacial score (nSPS) is 9.79. The summed E-state index contributed by atoms with van der Waals surface area (Å²) in [7, 11) is 0. The molecule has 4 heteroatoms. The summed E-state index contributed by atoms with van der Waals surface area (Å²) in [6.07, 6.45) is 1.08. The van der Waals surface area contributed by atoms with E-state index in [1.807, 2.05) is 0 Å². The minimum Gasteiger partial charge on any atom is -0.508 e. The maximum Gasteiger partial charge on any atom is 0.224 e. The van der Waals surface area contributed by atoms with Crippen molar-refractivity contribution in [3.63, 3.8) is 0 Å². The fourth-order valence-corrected chi connectivity index (χ4v) is 1.07. The molecule has 0 spiro atoms. The molecule has 4 nitrogen and oxygen atoms in total. The molecule has 0 atom stereocenters. The second-order valence-corrected chi connectivity index (χ2v) is 2.99. The SMILES string of the molecule is NCCCC(=O)Nc1cccc(O)c1. The van der Waals surface area contributed by atoms with Crippen LogP contribution in [-0.2, 0) is 4.79 Å². The summed E-state index contributed by atoms with van der Waals surface area (Å²) in [5.41, 5.74) is 5.88. The minimum atomic E-state index is -0.0824. The molecule has 76 valence electrons. The molecule has 0 fully saturated rings. The number of carbonyl (C=O) groups excluding carboxylic acids is 1. The average molecular weight is 194 g/mol. The predicted octanol–water partition coefficient (Wildman–Crippen LogP) is 1.07. The molecule has 14 heavy (non-hydrogen) atoms. The van der Waals surface area contributed by atoms with Crippen LogP contribution >= 0.6 is 0 Å². The smallest absolute Gasteiger partial charge is 0.224 e. The molecule has 0 radical (unpaired) electrons. The lowest BCUT2D eigenvalue weighted by molar-refractivity contribution is -0.116. The van der Waals surface area contributed by atoms with Crippen molar-refractivity contribution in [2.75, 3.05) is 11.9 Å². The van der Waals surface area contributed by atoms with Crippen LogP contribution in [0.1, 0.15) is 12.8 Å². The molecule has 0 bridgehead atoms. The number of aromatic hydroxyl groups is 1. The van der Waals surface area contributed by atoms with Gasteiger partial charge in [0.1, 0.15) is 5.75 Å². The van der Waals surface area contributed by atoms with Crippen LogP contribution in [0, 0.1) is 0 Å². The first-order valence-corrected chi connectivity index (χ1v) is 4.51. The number of benzene rings is 1. The van der Waals surface area contributed by atoms with Crippen molar-refractivity contribution >= 4 is 11.6 Å². The number of amides is 1. The molecule has 0 saturated heterocycles. The first-order valence-electron chi connectivity index (χ1n) is 4.51. The topological polar surface area (TPSA) is 75.4 Å². The number of phenolic OH excluding ortho intramolecular Hbond substituents is 1. The van der Waals surface area contributed by atoms with Crippen LogP contribution in [0.15, 0.2) is 24.3 Å². The summed E-state index contributed by atoms with van der Waals surface area (Å²) in [5, 5.41) is 11.8. The van der Waals surface area contributed by atoms with Gasteiger partial charge in [0.05, 0.1) is 0 Å². The van der Waals surface area contributed by atoms with Crippen molar-refractivity contribution in [3.8, 4) is 5.75 Å². The summed E-state index contributed by atoms with van der Waals surface area (Å²) in [6.45, 7) is 0.507. The van der Waals surface area contributed by atoms with E-state index in [-0.39, 0.29) is 11.7 Å². The van der Waals surface area contributed by atoms with Crippen molar-refractivity contribution in [2.45, 2.75) is 12.8 Å². The Bertz CT molecular complexity index is 313. The Kier molecular flexibility index (Phi) is 3.94. The number of hydrogen-bond donors (Lipinski definition) is 3. The van der Waals surface area contributed by atoms with Crippen molar-refractivity contribution < 1.29 is 9.90 Å². The van der Waals surface area contributed by atoms with Gasteiger partial charge < -0.3 is 16.2 Å². The standard InChI is InChI=1S/C10H14N2O2/c11-6-2-5-10(14)12-8-3-1-4-9(13)7-8/h1,3-4,7,13H,2,5-6,11H2,(H,12,14). The molecule has 1 rings (SSSR count). The van der Waals surface area contributed by atoms with Crippen LogP contribution in [0.25, 0.3) is 0 Å².